The van der Waals surface area contributed by atoms with Crippen LogP contribution in [0.1, 0.15) is 11.3 Å². The number of halogens is 2. The molecular formula is C12H8ClFN2S. The number of hydrogen-bond donors (Lipinski definition) is 0. The molecule has 2 aromatic rings. The SMILES string of the molecule is Cc1cc(Cl)c(-c2nc(CC#N)cs2)cc1F. The van der Waals surface area contributed by atoms with Gasteiger partial charge in [0.05, 0.1) is 23.2 Å². The van der Waals surface area contributed by atoms with Crippen molar-refractivity contribution >= 4 is 22.9 Å². The van der Waals surface area contributed by atoms with Crippen LogP contribution in [0.4, 0.5) is 4.39 Å². The quantitative estimate of drug-likeness (QED) is 0.824. The van der Waals surface area contributed by atoms with Gasteiger partial charge in [-0.15, -0.1) is 11.3 Å². The van der Waals surface area contributed by atoms with E-state index in [2.05, 4.69) is 4.98 Å². The predicted octanol–water partition coefficient (Wildman–Crippen LogP) is 3.98. The van der Waals surface area contributed by atoms with E-state index in [4.69, 9.17) is 16.9 Å². The maximum atomic E-state index is 13.5. The lowest BCUT2D eigenvalue weighted by molar-refractivity contribution is 0.619. The van der Waals surface area contributed by atoms with Gasteiger partial charge in [-0.25, -0.2) is 9.37 Å². The van der Waals surface area contributed by atoms with Crippen LogP contribution < -0.4 is 0 Å². The van der Waals surface area contributed by atoms with E-state index in [9.17, 15) is 4.39 Å². The van der Waals surface area contributed by atoms with Crippen LogP contribution in [-0.2, 0) is 6.42 Å². The standard InChI is InChI=1S/C12H8ClFN2S/c1-7-4-10(13)9(5-11(7)14)12-16-8(2-3-15)6-17-12/h4-6H,2H2,1H3. The Morgan fingerprint density at radius 2 is 2.29 bits per heavy atom. The molecule has 17 heavy (non-hydrogen) atoms. The summed E-state index contributed by atoms with van der Waals surface area (Å²) in [4.78, 5) is 4.25. The van der Waals surface area contributed by atoms with Crippen molar-refractivity contribution in [3.63, 3.8) is 0 Å². The van der Waals surface area contributed by atoms with Crippen molar-refractivity contribution in [3.05, 3.63) is 39.6 Å². The molecule has 1 aromatic heterocycles. The first kappa shape index (κ1) is 12.0. The van der Waals surface area contributed by atoms with Gasteiger partial charge in [0.1, 0.15) is 10.8 Å². The Kier molecular flexibility index (Phi) is 3.41. The van der Waals surface area contributed by atoms with Crippen molar-refractivity contribution in [1.82, 2.24) is 4.98 Å². The second-order valence-corrected chi connectivity index (χ2v) is 4.83. The highest BCUT2D eigenvalue weighted by molar-refractivity contribution is 7.13. The number of thiazole rings is 1. The number of aromatic nitrogens is 1. The van der Waals surface area contributed by atoms with E-state index < -0.39 is 0 Å². The largest absolute Gasteiger partial charge is 0.240 e. The molecule has 0 saturated carbocycles. The molecule has 1 aromatic carbocycles. The van der Waals surface area contributed by atoms with Gasteiger partial charge in [0.2, 0.25) is 0 Å². The Labute approximate surface area is 107 Å². The lowest BCUT2D eigenvalue weighted by atomic mass is 10.1. The molecule has 2 nitrogen and oxygen atoms in total. The van der Waals surface area contributed by atoms with Gasteiger partial charge in [-0.05, 0) is 24.6 Å². The Bertz CT molecular complexity index is 601. The lowest BCUT2D eigenvalue weighted by Crippen LogP contribution is -1.87. The molecule has 0 aliphatic carbocycles. The molecule has 0 aliphatic rings. The molecule has 86 valence electrons. The molecule has 0 atom stereocenters. The van der Waals surface area contributed by atoms with Gasteiger partial charge in [0, 0.05) is 10.9 Å². The molecule has 2 rings (SSSR count). The minimum absolute atomic E-state index is 0.252. The van der Waals surface area contributed by atoms with Crippen LogP contribution >= 0.6 is 22.9 Å². The summed E-state index contributed by atoms with van der Waals surface area (Å²) in [6, 6.07) is 4.98. The van der Waals surface area contributed by atoms with Crippen LogP contribution in [0.3, 0.4) is 0 Å². The zero-order valence-electron chi connectivity index (χ0n) is 9.00. The Hall–Kier alpha value is -1.44. The van der Waals surface area contributed by atoms with E-state index in [1.807, 2.05) is 6.07 Å². The second-order valence-electron chi connectivity index (χ2n) is 3.56. The van der Waals surface area contributed by atoms with Crippen molar-refractivity contribution in [2.45, 2.75) is 13.3 Å². The summed E-state index contributed by atoms with van der Waals surface area (Å²) >= 11 is 7.42. The summed E-state index contributed by atoms with van der Waals surface area (Å²) in [5, 5.41) is 11.5. The Morgan fingerprint density at radius 3 is 3.00 bits per heavy atom. The number of benzene rings is 1. The Balaban J connectivity index is 2.46. The zero-order chi connectivity index (χ0) is 12.4. The highest BCUT2D eigenvalue weighted by Crippen LogP contribution is 2.32. The topological polar surface area (TPSA) is 36.7 Å². The van der Waals surface area contributed by atoms with Gasteiger partial charge >= 0.3 is 0 Å². The van der Waals surface area contributed by atoms with Gasteiger partial charge in [-0.3, -0.25) is 0 Å². The summed E-state index contributed by atoms with van der Waals surface area (Å²) < 4.78 is 13.5. The minimum Gasteiger partial charge on any atom is -0.240 e. The van der Waals surface area contributed by atoms with Crippen LogP contribution in [0.2, 0.25) is 5.02 Å². The summed E-state index contributed by atoms with van der Waals surface area (Å²) in [5.74, 6) is -0.304. The summed E-state index contributed by atoms with van der Waals surface area (Å²) in [7, 11) is 0. The second kappa shape index (κ2) is 4.82. The number of hydrogen-bond acceptors (Lipinski definition) is 3. The van der Waals surface area contributed by atoms with Crippen molar-refractivity contribution in [2.75, 3.05) is 0 Å². The minimum atomic E-state index is -0.304. The van der Waals surface area contributed by atoms with Crippen molar-refractivity contribution < 1.29 is 4.39 Å². The fourth-order valence-electron chi connectivity index (χ4n) is 1.40. The monoisotopic (exact) mass is 266 g/mol. The van der Waals surface area contributed by atoms with Gasteiger partial charge in [0.25, 0.3) is 0 Å². The molecular weight excluding hydrogens is 259 g/mol. The van der Waals surface area contributed by atoms with Crippen molar-refractivity contribution in [3.8, 4) is 16.6 Å². The normalized spacial score (nSPS) is 10.2. The average molecular weight is 267 g/mol. The predicted molar refractivity (Wildman–Crippen MR) is 66.6 cm³/mol. The fourth-order valence-corrected chi connectivity index (χ4v) is 2.62. The van der Waals surface area contributed by atoms with Crippen LogP contribution in [0.25, 0.3) is 10.6 Å². The fraction of sp³-hybridized carbons (Fsp3) is 0.167. The number of nitrogens with zero attached hydrogens (tertiary/aromatic N) is 2. The molecule has 0 fully saturated rings. The van der Waals surface area contributed by atoms with E-state index >= 15 is 0 Å². The van der Waals surface area contributed by atoms with Gasteiger partial charge < -0.3 is 0 Å². The first-order chi connectivity index (χ1) is 8.11. The molecule has 0 aliphatic heterocycles. The van der Waals surface area contributed by atoms with Gasteiger partial charge in [-0.1, -0.05) is 11.6 Å². The molecule has 0 N–H and O–H groups in total. The molecule has 0 saturated heterocycles. The average Bonchev–Trinajstić information content (AvgIpc) is 2.72. The summed E-state index contributed by atoms with van der Waals surface area (Å²) in [6.07, 6.45) is 0.252. The van der Waals surface area contributed by atoms with E-state index in [1.54, 1.807) is 18.4 Å². The third-order valence-corrected chi connectivity index (χ3v) is 3.53. The molecule has 1 heterocycles. The van der Waals surface area contributed by atoms with Crippen LogP contribution in [0.5, 0.6) is 0 Å². The first-order valence-corrected chi connectivity index (χ1v) is 6.15. The summed E-state index contributed by atoms with van der Waals surface area (Å²) in [6.45, 7) is 1.66. The van der Waals surface area contributed by atoms with Crippen molar-refractivity contribution in [1.29, 1.82) is 5.26 Å². The first-order valence-electron chi connectivity index (χ1n) is 4.89. The zero-order valence-corrected chi connectivity index (χ0v) is 10.6. The van der Waals surface area contributed by atoms with Crippen LogP contribution in [-0.4, -0.2) is 4.98 Å². The van der Waals surface area contributed by atoms with E-state index in [-0.39, 0.29) is 12.2 Å². The maximum Gasteiger partial charge on any atom is 0.126 e. The van der Waals surface area contributed by atoms with E-state index in [0.717, 1.165) is 0 Å². The third kappa shape index (κ3) is 2.46. The summed E-state index contributed by atoms with van der Waals surface area (Å²) in [5.41, 5.74) is 1.76. The number of rotatable bonds is 2. The molecule has 0 radical (unpaired) electrons. The molecule has 0 unspecified atom stereocenters. The molecule has 0 bridgehead atoms. The van der Waals surface area contributed by atoms with Gasteiger partial charge in [0.15, 0.2) is 0 Å². The van der Waals surface area contributed by atoms with Crippen LogP contribution in [0.15, 0.2) is 17.5 Å². The van der Waals surface area contributed by atoms with E-state index in [1.165, 1.54) is 17.4 Å². The smallest absolute Gasteiger partial charge is 0.126 e. The van der Waals surface area contributed by atoms with Crippen molar-refractivity contribution in [2.24, 2.45) is 0 Å². The molecule has 0 spiro atoms. The lowest BCUT2D eigenvalue weighted by Gasteiger charge is -2.03. The highest BCUT2D eigenvalue weighted by Gasteiger charge is 2.11. The molecule has 5 heteroatoms. The van der Waals surface area contributed by atoms with Gasteiger partial charge in [-0.2, -0.15) is 5.26 Å². The maximum absolute atomic E-state index is 13.5. The third-order valence-electron chi connectivity index (χ3n) is 2.29. The number of aryl methyl sites for hydroxylation is 1. The van der Waals surface area contributed by atoms with E-state index in [0.29, 0.717) is 26.9 Å². The van der Waals surface area contributed by atoms with Crippen LogP contribution in [0, 0.1) is 24.1 Å². The number of nitriles is 1. The molecule has 0 amide bonds. The highest BCUT2D eigenvalue weighted by atomic mass is 35.5. The Morgan fingerprint density at radius 1 is 1.53 bits per heavy atom.